The number of rotatable bonds is 9. The van der Waals surface area contributed by atoms with Crippen molar-refractivity contribution < 1.29 is 0 Å². The van der Waals surface area contributed by atoms with Gasteiger partial charge in [0.25, 0.3) is 0 Å². The Labute approximate surface area is 185 Å². The smallest absolute Gasteiger partial charge is 0.194 e. The Bertz CT molecular complexity index is 973. The SMILES string of the molecule is Cc1nnc(CN=C(NCCCN(C)c2ccccc2)N(C)Cc2cccn2C)n1C. The molecule has 0 fully saturated rings. The predicted molar refractivity (Wildman–Crippen MR) is 126 cm³/mol. The summed E-state index contributed by atoms with van der Waals surface area (Å²) in [6.07, 6.45) is 3.07. The molecule has 0 bridgehead atoms. The zero-order chi connectivity index (χ0) is 22.2. The van der Waals surface area contributed by atoms with Gasteiger partial charge in [0.05, 0.1) is 6.54 Å². The van der Waals surface area contributed by atoms with Crippen LogP contribution in [0.15, 0.2) is 53.7 Å². The molecule has 2 aromatic heterocycles. The van der Waals surface area contributed by atoms with Gasteiger partial charge in [-0.1, -0.05) is 18.2 Å². The molecule has 0 aliphatic heterocycles. The van der Waals surface area contributed by atoms with E-state index in [0.29, 0.717) is 6.54 Å². The summed E-state index contributed by atoms with van der Waals surface area (Å²) >= 11 is 0. The molecule has 31 heavy (non-hydrogen) atoms. The third-order valence-electron chi connectivity index (χ3n) is 5.52. The average Bonchev–Trinajstić information content (AvgIpc) is 3.32. The Hall–Kier alpha value is -3.29. The average molecular weight is 423 g/mol. The van der Waals surface area contributed by atoms with Crippen LogP contribution in [0.5, 0.6) is 0 Å². The maximum Gasteiger partial charge on any atom is 0.194 e. The zero-order valence-corrected chi connectivity index (χ0v) is 19.3. The molecule has 1 aromatic carbocycles. The van der Waals surface area contributed by atoms with E-state index < -0.39 is 0 Å². The van der Waals surface area contributed by atoms with Crippen LogP contribution < -0.4 is 10.2 Å². The van der Waals surface area contributed by atoms with E-state index in [2.05, 4.69) is 93.6 Å². The third kappa shape index (κ3) is 6.10. The molecule has 2 heterocycles. The van der Waals surface area contributed by atoms with Crippen molar-refractivity contribution in [3.63, 3.8) is 0 Å². The first kappa shape index (κ1) is 22.4. The van der Waals surface area contributed by atoms with Gasteiger partial charge >= 0.3 is 0 Å². The highest BCUT2D eigenvalue weighted by atomic mass is 15.3. The van der Waals surface area contributed by atoms with E-state index in [1.165, 1.54) is 11.4 Å². The molecule has 0 saturated carbocycles. The molecule has 166 valence electrons. The van der Waals surface area contributed by atoms with Crippen molar-refractivity contribution in [3.05, 3.63) is 66.0 Å². The van der Waals surface area contributed by atoms with Crippen LogP contribution in [0.3, 0.4) is 0 Å². The lowest BCUT2D eigenvalue weighted by atomic mass is 10.3. The van der Waals surface area contributed by atoms with Gasteiger partial charge in [-0.15, -0.1) is 10.2 Å². The largest absolute Gasteiger partial charge is 0.375 e. The number of hydrogen-bond donors (Lipinski definition) is 1. The fourth-order valence-electron chi connectivity index (χ4n) is 3.35. The number of anilines is 1. The van der Waals surface area contributed by atoms with Crippen molar-refractivity contribution in [2.45, 2.75) is 26.4 Å². The highest BCUT2D eigenvalue weighted by molar-refractivity contribution is 5.79. The second-order valence-electron chi connectivity index (χ2n) is 7.87. The molecule has 0 spiro atoms. The summed E-state index contributed by atoms with van der Waals surface area (Å²) in [6.45, 7) is 5.02. The molecule has 0 aliphatic carbocycles. The molecular formula is C23H34N8. The highest BCUT2D eigenvalue weighted by Crippen LogP contribution is 2.11. The molecule has 3 rings (SSSR count). The number of aliphatic imine (C=N–C) groups is 1. The van der Waals surface area contributed by atoms with Gasteiger partial charge in [0, 0.05) is 58.9 Å². The summed E-state index contributed by atoms with van der Waals surface area (Å²) in [7, 11) is 8.23. The van der Waals surface area contributed by atoms with E-state index in [-0.39, 0.29) is 0 Å². The number of aromatic nitrogens is 4. The molecule has 8 nitrogen and oxygen atoms in total. The topological polar surface area (TPSA) is 66.5 Å². The molecule has 0 radical (unpaired) electrons. The first-order valence-electron chi connectivity index (χ1n) is 10.7. The Morgan fingerprint density at radius 3 is 2.48 bits per heavy atom. The number of guanidine groups is 1. The van der Waals surface area contributed by atoms with Crippen molar-refractivity contribution in [1.82, 2.24) is 29.5 Å². The number of nitrogens with one attached hydrogen (secondary N) is 1. The summed E-state index contributed by atoms with van der Waals surface area (Å²) in [5, 5.41) is 11.9. The van der Waals surface area contributed by atoms with Gasteiger partial charge in [0.1, 0.15) is 12.4 Å². The van der Waals surface area contributed by atoms with Crippen molar-refractivity contribution in [2.24, 2.45) is 19.1 Å². The fourth-order valence-corrected chi connectivity index (χ4v) is 3.35. The second-order valence-corrected chi connectivity index (χ2v) is 7.87. The van der Waals surface area contributed by atoms with Crippen LogP contribution in [0.25, 0.3) is 0 Å². The molecule has 1 N–H and O–H groups in total. The summed E-state index contributed by atoms with van der Waals surface area (Å²) in [5.41, 5.74) is 2.46. The zero-order valence-electron chi connectivity index (χ0n) is 19.3. The molecule has 3 aromatic rings. The fraction of sp³-hybridized carbons (Fsp3) is 0.435. The summed E-state index contributed by atoms with van der Waals surface area (Å²) in [4.78, 5) is 9.26. The Morgan fingerprint density at radius 2 is 1.84 bits per heavy atom. The van der Waals surface area contributed by atoms with E-state index in [4.69, 9.17) is 4.99 Å². The first-order chi connectivity index (χ1) is 15.0. The number of aryl methyl sites for hydroxylation is 2. The standard InChI is InChI=1S/C23H34N8/c1-19-26-27-22(31(19)5)17-25-23(30(4)18-21-13-9-15-29(21)3)24-14-10-16-28(2)20-11-7-6-8-12-20/h6-9,11-13,15H,10,14,16-18H2,1-5H3,(H,24,25). The molecule has 0 unspecified atom stereocenters. The second kappa shape index (κ2) is 10.7. The van der Waals surface area contributed by atoms with Crippen LogP contribution in [-0.4, -0.2) is 57.4 Å². The van der Waals surface area contributed by atoms with E-state index >= 15 is 0 Å². The number of hydrogen-bond acceptors (Lipinski definition) is 4. The van der Waals surface area contributed by atoms with Crippen LogP contribution >= 0.6 is 0 Å². The Kier molecular flexibility index (Phi) is 7.70. The van der Waals surface area contributed by atoms with Gasteiger partial charge in [-0.2, -0.15) is 0 Å². The molecule has 0 atom stereocenters. The maximum absolute atomic E-state index is 4.84. The van der Waals surface area contributed by atoms with Gasteiger partial charge in [-0.25, -0.2) is 4.99 Å². The minimum atomic E-state index is 0.487. The summed E-state index contributed by atoms with van der Waals surface area (Å²) in [6, 6.07) is 14.7. The molecule has 0 aliphatic rings. The van der Waals surface area contributed by atoms with Crippen molar-refractivity contribution in [3.8, 4) is 0 Å². The van der Waals surface area contributed by atoms with Crippen LogP contribution in [0.4, 0.5) is 5.69 Å². The molecule has 8 heteroatoms. The highest BCUT2D eigenvalue weighted by Gasteiger charge is 2.11. The van der Waals surface area contributed by atoms with Crippen LogP contribution in [0.2, 0.25) is 0 Å². The predicted octanol–water partition coefficient (Wildman–Crippen LogP) is 2.57. The number of benzene rings is 1. The minimum Gasteiger partial charge on any atom is -0.375 e. The summed E-state index contributed by atoms with van der Waals surface area (Å²) in [5.74, 6) is 2.61. The van der Waals surface area contributed by atoms with Crippen LogP contribution in [-0.2, 0) is 27.2 Å². The molecular weight excluding hydrogens is 388 g/mol. The lowest BCUT2D eigenvalue weighted by molar-refractivity contribution is 0.458. The minimum absolute atomic E-state index is 0.487. The Morgan fingerprint density at radius 1 is 1.06 bits per heavy atom. The molecule has 0 amide bonds. The lowest BCUT2D eigenvalue weighted by Gasteiger charge is -2.24. The van der Waals surface area contributed by atoms with Gasteiger partial charge in [0.2, 0.25) is 0 Å². The van der Waals surface area contributed by atoms with Crippen molar-refractivity contribution in [2.75, 3.05) is 32.1 Å². The van der Waals surface area contributed by atoms with Crippen molar-refractivity contribution in [1.29, 1.82) is 0 Å². The quantitative estimate of drug-likeness (QED) is 0.326. The third-order valence-corrected chi connectivity index (χ3v) is 5.52. The normalized spacial score (nSPS) is 11.6. The van der Waals surface area contributed by atoms with Crippen LogP contribution in [0, 0.1) is 6.92 Å². The van der Waals surface area contributed by atoms with Gasteiger partial charge in [-0.3, -0.25) is 0 Å². The maximum atomic E-state index is 4.84. The van der Waals surface area contributed by atoms with E-state index in [0.717, 1.165) is 43.7 Å². The van der Waals surface area contributed by atoms with Gasteiger partial charge < -0.3 is 24.3 Å². The van der Waals surface area contributed by atoms with Crippen molar-refractivity contribution >= 4 is 11.6 Å². The van der Waals surface area contributed by atoms with Crippen LogP contribution in [0.1, 0.15) is 23.8 Å². The lowest BCUT2D eigenvalue weighted by Crippen LogP contribution is -2.40. The van der Waals surface area contributed by atoms with E-state index in [1.54, 1.807) is 0 Å². The monoisotopic (exact) mass is 422 g/mol. The van der Waals surface area contributed by atoms with Gasteiger partial charge in [0.15, 0.2) is 11.8 Å². The van der Waals surface area contributed by atoms with E-state index in [9.17, 15) is 0 Å². The van der Waals surface area contributed by atoms with E-state index in [1.807, 2.05) is 24.6 Å². The first-order valence-corrected chi connectivity index (χ1v) is 10.7. The number of nitrogens with zero attached hydrogens (tertiary/aromatic N) is 7. The summed E-state index contributed by atoms with van der Waals surface area (Å²) < 4.78 is 4.11. The Balaban J connectivity index is 1.61. The number of para-hydroxylation sites is 1. The molecule has 0 saturated heterocycles. The van der Waals surface area contributed by atoms with Gasteiger partial charge in [-0.05, 0) is 37.6 Å².